The zero-order valence-corrected chi connectivity index (χ0v) is 14.8. The van der Waals surface area contributed by atoms with E-state index in [9.17, 15) is 14.7 Å². The van der Waals surface area contributed by atoms with Crippen LogP contribution < -0.4 is 0 Å². The van der Waals surface area contributed by atoms with Gasteiger partial charge in [-0.15, -0.1) is 0 Å². The summed E-state index contributed by atoms with van der Waals surface area (Å²) in [5.41, 5.74) is -0.744. The van der Waals surface area contributed by atoms with Crippen molar-refractivity contribution in [1.29, 1.82) is 0 Å². The van der Waals surface area contributed by atoms with Crippen molar-refractivity contribution in [2.24, 2.45) is 11.3 Å². The maximum atomic E-state index is 11.8. The molecule has 0 aliphatic carbocycles. The van der Waals surface area contributed by atoms with Crippen LogP contribution >= 0.6 is 0 Å². The van der Waals surface area contributed by atoms with E-state index in [0.717, 1.165) is 25.3 Å². The van der Waals surface area contributed by atoms with Gasteiger partial charge in [0.2, 0.25) is 0 Å². The van der Waals surface area contributed by atoms with E-state index < -0.39 is 11.4 Å². The molecule has 0 saturated carbocycles. The van der Waals surface area contributed by atoms with E-state index in [4.69, 9.17) is 9.47 Å². The normalized spacial score (nSPS) is 13.4. The second kappa shape index (κ2) is 12.1. The molecule has 5 heteroatoms. The molecule has 1 N–H and O–H groups in total. The van der Waals surface area contributed by atoms with Crippen LogP contribution in [0.15, 0.2) is 12.7 Å². The Hall–Kier alpha value is -1.36. The highest BCUT2D eigenvalue weighted by molar-refractivity contribution is 5.81. The van der Waals surface area contributed by atoms with E-state index in [1.54, 1.807) is 0 Å². The van der Waals surface area contributed by atoms with Gasteiger partial charge in [0.15, 0.2) is 0 Å². The Bertz CT molecular complexity index is 358. The smallest absolute Gasteiger partial charge is 0.330 e. The fraction of sp³-hybridized carbons (Fsp3) is 0.778. The Morgan fingerprint density at radius 3 is 2.35 bits per heavy atom. The molecule has 0 spiro atoms. The molecule has 0 fully saturated rings. The number of carbonyl (C=O) groups is 2. The molecule has 0 amide bonds. The SMILES string of the molecule is C=CC(=O)OCC(CC)(CO)COC(=O)CCCCCC(C)C. The van der Waals surface area contributed by atoms with Crippen LogP contribution in [-0.2, 0) is 19.1 Å². The highest BCUT2D eigenvalue weighted by Gasteiger charge is 2.31. The summed E-state index contributed by atoms with van der Waals surface area (Å²) >= 11 is 0. The van der Waals surface area contributed by atoms with Crippen LogP contribution in [0.5, 0.6) is 0 Å². The molecule has 0 saturated heterocycles. The van der Waals surface area contributed by atoms with Crippen molar-refractivity contribution < 1.29 is 24.2 Å². The molecule has 0 radical (unpaired) electrons. The van der Waals surface area contributed by atoms with Crippen LogP contribution in [0.25, 0.3) is 0 Å². The minimum absolute atomic E-state index is 0.00647. The van der Waals surface area contributed by atoms with E-state index in [-0.39, 0.29) is 25.8 Å². The fourth-order valence-corrected chi connectivity index (χ4v) is 2.04. The number of carbonyl (C=O) groups excluding carboxylic acids is 2. The van der Waals surface area contributed by atoms with Gasteiger partial charge in [0.25, 0.3) is 0 Å². The molecular weight excluding hydrogens is 296 g/mol. The van der Waals surface area contributed by atoms with Crippen LogP contribution in [0.1, 0.15) is 59.3 Å². The maximum absolute atomic E-state index is 11.8. The van der Waals surface area contributed by atoms with Gasteiger partial charge in [-0.05, 0) is 18.8 Å². The summed E-state index contributed by atoms with van der Waals surface area (Å²) in [6.07, 6.45) is 6.12. The van der Waals surface area contributed by atoms with E-state index in [2.05, 4.69) is 20.4 Å². The summed E-state index contributed by atoms with van der Waals surface area (Å²) in [6, 6.07) is 0. The quantitative estimate of drug-likeness (QED) is 0.319. The highest BCUT2D eigenvalue weighted by atomic mass is 16.5. The van der Waals surface area contributed by atoms with Gasteiger partial charge in [-0.2, -0.15) is 0 Å². The number of hydrogen-bond donors (Lipinski definition) is 1. The van der Waals surface area contributed by atoms with E-state index in [0.29, 0.717) is 18.8 Å². The number of ether oxygens (including phenoxy) is 2. The molecule has 0 heterocycles. The third-order valence-corrected chi connectivity index (χ3v) is 3.97. The average Bonchev–Trinajstić information content (AvgIpc) is 2.54. The molecule has 0 aliphatic heterocycles. The zero-order chi connectivity index (χ0) is 17.7. The number of aliphatic hydroxyl groups excluding tert-OH is 1. The van der Waals surface area contributed by atoms with Crippen molar-refractivity contribution in [1.82, 2.24) is 0 Å². The molecule has 1 unspecified atom stereocenters. The Morgan fingerprint density at radius 1 is 1.17 bits per heavy atom. The largest absolute Gasteiger partial charge is 0.465 e. The molecule has 0 aliphatic rings. The van der Waals surface area contributed by atoms with Crippen LogP contribution in [0, 0.1) is 11.3 Å². The minimum atomic E-state index is -0.744. The summed E-state index contributed by atoms with van der Waals surface area (Å²) in [5, 5.41) is 9.56. The van der Waals surface area contributed by atoms with E-state index >= 15 is 0 Å². The first kappa shape index (κ1) is 21.6. The first-order valence-corrected chi connectivity index (χ1v) is 8.44. The molecule has 0 aromatic carbocycles. The van der Waals surface area contributed by atoms with Gasteiger partial charge in [0.05, 0.1) is 12.0 Å². The van der Waals surface area contributed by atoms with Gasteiger partial charge >= 0.3 is 11.9 Å². The van der Waals surface area contributed by atoms with Crippen molar-refractivity contribution in [2.45, 2.75) is 59.3 Å². The monoisotopic (exact) mass is 328 g/mol. The molecular formula is C18H32O5. The molecule has 0 aromatic heterocycles. The Balaban J connectivity index is 4.12. The molecule has 134 valence electrons. The van der Waals surface area contributed by atoms with Crippen molar-refractivity contribution in [3.05, 3.63) is 12.7 Å². The summed E-state index contributed by atoms with van der Waals surface area (Å²) in [6.45, 7) is 9.40. The molecule has 23 heavy (non-hydrogen) atoms. The number of esters is 2. The Kier molecular flexibility index (Phi) is 11.4. The number of aliphatic hydroxyl groups is 1. The second-order valence-corrected chi connectivity index (χ2v) is 6.48. The Morgan fingerprint density at radius 2 is 1.83 bits per heavy atom. The fourth-order valence-electron chi connectivity index (χ4n) is 2.04. The third-order valence-electron chi connectivity index (χ3n) is 3.97. The van der Waals surface area contributed by atoms with Gasteiger partial charge in [0.1, 0.15) is 13.2 Å². The molecule has 0 aromatic rings. The first-order chi connectivity index (χ1) is 10.9. The second-order valence-electron chi connectivity index (χ2n) is 6.48. The van der Waals surface area contributed by atoms with Gasteiger partial charge in [-0.25, -0.2) is 4.79 Å². The van der Waals surface area contributed by atoms with Crippen LogP contribution in [0.3, 0.4) is 0 Å². The first-order valence-electron chi connectivity index (χ1n) is 8.44. The van der Waals surface area contributed by atoms with Crippen LogP contribution in [-0.4, -0.2) is 36.9 Å². The van der Waals surface area contributed by atoms with Crippen molar-refractivity contribution in [2.75, 3.05) is 19.8 Å². The van der Waals surface area contributed by atoms with E-state index in [1.807, 2.05) is 6.92 Å². The predicted molar refractivity (Wildman–Crippen MR) is 89.8 cm³/mol. The van der Waals surface area contributed by atoms with Gasteiger partial charge < -0.3 is 14.6 Å². The lowest BCUT2D eigenvalue weighted by Crippen LogP contribution is -2.37. The van der Waals surface area contributed by atoms with Gasteiger partial charge in [-0.3, -0.25) is 4.79 Å². The molecule has 0 bridgehead atoms. The lowest BCUT2D eigenvalue weighted by Gasteiger charge is -2.29. The summed E-state index contributed by atoms with van der Waals surface area (Å²) in [4.78, 5) is 22.9. The predicted octanol–water partition coefficient (Wildman–Crippen LogP) is 3.25. The molecule has 5 nitrogen and oxygen atoms in total. The summed E-state index contributed by atoms with van der Waals surface area (Å²) in [7, 11) is 0. The standard InChI is InChI=1S/C18H32O5/c1-5-16(20)22-13-18(6-2,12-19)14-23-17(21)11-9-7-8-10-15(3)4/h5,15,19H,1,6-14H2,2-4H3. The van der Waals surface area contributed by atoms with Crippen molar-refractivity contribution in [3.8, 4) is 0 Å². The minimum Gasteiger partial charge on any atom is -0.465 e. The Labute approximate surface area is 140 Å². The zero-order valence-electron chi connectivity index (χ0n) is 14.8. The van der Waals surface area contributed by atoms with Crippen molar-refractivity contribution >= 4 is 11.9 Å². The lowest BCUT2D eigenvalue weighted by atomic mass is 9.88. The number of unbranched alkanes of at least 4 members (excludes halogenated alkanes) is 2. The van der Waals surface area contributed by atoms with E-state index in [1.165, 1.54) is 6.42 Å². The maximum Gasteiger partial charge on any atom is 0.330 e. The van der Waals surface area contributed by atoms with Crippen LogP contribution in [0.4, 0.5) is 0 Å². The highest BCUT2D eigenvalue weighted by Crippen LogP contribution is 2.23. The summed E-state index contributed by atoms with van der Waals surface area (Å²) in [5.74, 6) is -0.126. The average molecular weight is 328 g/mol. The van der Waals surface area contributed by atoms with Crippen LogP contribution in [0.2, 0.25) is 0 Å². The molecule has 1 atom stereocenters. The lowest BCUT2D eigenvalue weighted by molar-refractivity contribution is -0.154. The summed E-state index contributed by atoms with van der Waals surface area (Å²) < 4.78 is 10.3. The number of rotatable bonds is 13. The number of hydrogen-bond acceptors (Lipinski definition) is 5. The molecule has 0 rings (SSSR count). The third kappa shape index (κ3) is 10.1. The topological polar surface area (TPSA) is 72.8 Å². The van der Waals surface area contributed by atoms with Crippen molar-refractivity contribution in [3.63, 3.8) is 0 Å². The van der Waals surface area contributed by atoms with Gasteiger partial charge in [0, 0.05) is 12.5 Å². The van der Waals surface area contributed by atoms with Gasteiger partial charge in [-0.1, -0.05) is 46.6 Å².